The molecule has 1 aliphatic carbocycles. The van der Waals surface area contributed by atoms with Gasteiger partial charge < -0.3 is 14.8 Å². The number of Topliss-reactive ketones (excluding diaryl/α,β-unsaturated/α-hetero) is 1. The third-order valence-electron chi connectivity index (χ3n) is 5.62. The minimum absolute atomic E-state index is 0.0403. The Hall–Kier alpha value is -2.11. The van der Waals surface area contributed by atoms with Gasteiger partial charge in [-0.3, -0.25) is 4.79 Å². The Balaban J connectivity index is 1.68. The second-order valence-corrected chi connectivity index (χ2v) is 7.99. The largest absolute Gasteiger partial charge is 0.459 e. The second kappa shape index (κ2) is 8.10. The molecule has 6 heteroatoms. The number of ether oxygens (including phenoxy) is 2. The Kier molecular flexibility index (Phi) is 5.56. The molecule has 1 aromatic rings. The van der Waals surface area contributed by atoms with Crippen LogP contribution in [0.2, 0.25) is 5.02 Å². The third-order valence-corrected chi connectivity index (χ3v) is 5.88. The van der Waals surface area contributed by atoms with Gasteiger partial charge in [-0.15, -0.1) is 0 Å². The fraction of sp³-hybridized carbons (Fsp3) is 0.455. The summed E-state index contributed by atoms with van der Waals surface area (Å²) in [6, 6.07) is 7.34. The molecule has 0 saturated carbocycles. The number of benzene rings is 1. The number of carbonyl (C=O) groups is 2. The van der Waals surface area contributed by atoms with Crippen LogP contribution in [0.5, 0.6) is 0 Å². The first-order chi connectivity index (χ1) is 13.5. The Bertz CT molecular complexity index is 850. The molecule has 0 amide bonds. The average Bonchev–Trinajstić information content (AvgIpc) is 3.19. The van der Waals surface area contributed by atoms with Crippen LogP contribution in [-0.4, -0.2) is 31.1 Å². The molecule has 1 saturated heterocycles. The van der Waals surface area contributed by atoms with Crippen molar-refractivity contribution in [1.29, 1.82) is 0 Å². The number of rotatable bonds is 4. The maximum absolute atomic E-state index is 13.1. The Morgan fingerprint density at radius 2 is 2.04 bits per heavy atom. The van der Waals surface area contributed by atoms with Gasteiger partial charge in [0, 0.05) is 40.9 Å². The first-order valence-corrected chi connectivity index (χ1v) is 10.2. The zero-order valence-electron chi connectivity index (χ0n) is 15.9. The predicted octanol–water partition coefficient (Wildman–Crippen LogP) is 4.03. The zero-order valence-corrected chi connectivity index (χ0v) is 16.7. The third kappa shape index (κ3) is 3.74. The second-order valence-electron chi connectivity index (χ2n) is 7.55. The molecular formula is C22H24ClNO4. The average molecular weight is 402 g/mol. The molecule has 0 radical (unpaired) electrons. The van der Waals surface area contributed by atoms with Crippen LogP contribution in [0.4, 0.5) is 0 Å². The molecule has 0 bridgehead atoms. The van der Waals surface area contributed by atoms with Crippen molar-refractivity contribution >= 4 is 23.4 Å². The van der Waals surface area contributed by atoms with E-state index >= 15 is 0 Å². The highest BCUT2D eigenvalue weighted by atomic mass is 35.5. The standard InChI is InChI=1S/C22H24ClNO4/c1-13-19(22(26)28-12-16-4-3-11-27-16)20(14-7-9-15(23)10-8-14)21-17(24-13)5-2-6-18(21)25/h7-10,16,20,24H,2-6,11-12H2,1H3/t16-,20-/m0/s1. The van der Waals surface area contributed by atoms with Gasteiger partial charge in [0.2, 0.25) is 0 Å². The van der Waals surface area contributed by atoms with E-state index in [9.17, 15) is 9.59 Å². The molecule has 0 unspecified atom stereocenters. The maximum atomic E-state index is 13.1. The van der Waals surface area contributed by atoms with Crippen molar-refractivity contribution < 1.29 is 19.1 Å². The van der Waals surface area contributed by atoms with Gasteiger partial charge in [-0.05, 0) is 50.3 Å². The molecule has 3 aliphatic rings. The maximum Gasteiger partial charge on any atom is 0.336 e. The molecule has 28 heavy (non-hydrogen) atoms. The van der Waals surface area contributed by atoms with Crippen LogP contribution in [0.3, 0.4) is 0 Å². The van der Waals surface area contributed by atoms with E-state index in [1.807, 2.05) is 19.1 Å². The highest BCUT2D eigenvalue weighted by molar-refractivity contribution is 6.30. The summed E-state index contributed by atoms with van der Waals surface area (Å²) in [6.07, 6.45) is 3.98. The molecule has 4 rings (SSSR count). The highest BCUT2D eigenvalue weighted by Gasteiger charge is 2.39. The number of allylic oxidation sites excluding steroid dienone is 3. The van der Waals surface area contributed by atoms with Crippen LogP contribution in [0, 0.1) is 0 Å². The minimum Gasteiger partial charge on any atom is -0.459 e. The lowest BCUT2D eigenvalue weighted by Gasteiger charge is -2.34. The molecule has 2 atom stereocenters. The summed E-state index contributed by atoms with van der Waals surface area (Å²) in [6.45, 7) is 2.82. The van der Waals surface area contributed by atoms with E-state index in [2.05, 4.69) is 5.32 Å². The quantitative estimate of drug-likeness (QED) is 0.771. The number of dihydropyridines is 1. The summed E-state index contributed by atoms with van der Waals surface area (Å²) < 4.78 is 11.2. The van der Waals surface area contributed by atoms with Crippen LogP contribution in [0.25, 0.3) is 0 Å². The number of halogens is 1. The number of carbonyl (C=O) groups excluding carboxylic acids is 2. The number of nitrogens with one attached hydrogen (secondary N) is 1. The van der Waals surface area contributed by atoms with Crippen molar-refractivity contribution in [3.63, 3.8) is 0 Å². The van der Waals surface area contributed by atoms with Crippen molar-refractivity contribution in [1.82, 2.24) is 5.32 Å². The van der Waals surface area contributed by atoms with Gasteiger partial charge in [-0.25, -0.2) is 4.79 Å². The van der Waals surface area contributed by atoms with Crippen molar-refractivity contribution in [3.8, 4) is 0 Å². The fourth-order valence-electron chi connectivity index (χ4n) is 4.26. The Labute approximate surface area is 169 Å². The van der Waals surface area contributed by atoms with Gasteiger partial charge in [0.1, 0.15) is 6.61 Å². The van der Waals surface area contributed by atoms with E-state index in [-0.39, 0.29) is 18.5 Å². The van der Waals surface area contributed by atoms with Gasteiger partial charge in [0.15, 0.2) is 5.78 Å². The van der Waals surface area contributed by atoms with Crippen molar-refractivity contribution in [3.05, 3.63) is 57.4 Å². The van der Waals surface area contributed by atoms with Gasteiger partial charge >= 0.3 is 5.97 Å². The Morgan fingerprint density at radius 3 is 2.75 bits per heavy atom. The molecule has 1 fully saturated rings. The smallest absolute Gasteiger partial charge is 0.336 e. The van der Waals surface area contributed by atoms with Crippen molar-refractivity contribution in [2.75, 3.05) is 13.2 Å². The summed E-state index contributed by atoms with van der Waals surface area (Å²) in [5.74, 6) is -0.741. The van der Waals surface area contributed by atoms with Crippen LogP contribution in [0.1, 0.15) is 50.5 Å². The lowest BCUT2D eigenvalue weighted by molar-refractivity contribution is -0.142. The number of hydrogen-bond donors (Lipinski definition) is 1. The van der Waals surface area contributed by atoms with E-state index in [0.29, 0.717) is 29.2 Å². The summed E-state index contributed by atoms with van der Waals surface area (Å²) in [5.41, 5.74) is 3.71. The van der Waals surface area contributed by atoms with Crippen LogP contribution >= 0.6 is 11.6 Å². The number of hydrogen-bond acceptors (Lipinski definition) is 5. The predicted molar refractivity (Wildman–Crippen MR) is 106 cm³/mol. The molecule has 2 aliphatic heterocycles. The van der Waals surface area contributed by atoms with E-state index in [4.69, 9.17) is 21.1 Å². The van der Waals surface area contributed by atoms with Crippen LogP contribution in [0.15, 0.2) is 46.8 Å². The van der Waals surface area contributed by atoms with E-state index < -0.39 is 11.9 Å². The van der Waals surface area contributed by atoms with Crippen LogP contribution < -0.4 is 5.32 Å². The molecule has 1 N–H and O–H groups in total. The lowest BCUT2D eigenvalue weighted by Crippen LogP contribution is -2.35. The fourth-order valence-corrected chi connectivity index (χ4v) is 4.39. The van der Waals surface area contributed by atoms with E-state index in [1.54, 1.807) is 12.1 Å². The summed E-state index contributed by atoms with van der Waals surface area (Å²) in [5, 5.41) is 3.91. The van der Waals surface area contributed by atoms with E-state index in [1.165, 1.54) is 0 Å². The molecule has 1 aromatic carbocycles. The zero-order chi connectivity index (χ0) is 19.7. The topological polar surface area (TPSA) is 64.6 Å². The van der Waals surface area contributed by atoms with Gasteiger partial charge in [-0.2, -0.15) is 0 Å². The minimum atomic E-state index is -0.432. The Morgan fingerprint density at radius 1 is 1.25 bits per heavy atom. The molecule has 148 valence electrons. The summed E-state index contributed by atoms with van der Waals surface area (Å²) in [4.78, 5) is 25.9. The summed E-state index contributed by atoms with van der Waals surface area (Å²) >= 11 is 6.06. The van der Waals surface area contributed by atoms with Crippen molar-refractivity contribution in [2.45, 2.75) is 51.0 Å². The van der Waals surface area contributed by atoms with E-state index in [0.717, 1.165) is 42.6 Å². The summed E-state index contributed by atoms with van der Waals surface area (Å²) in [7, 11) is 0. The van der Waals surface area contributed by atoms with Gasteiger partial charge in [0.05, 0.1) is 11.7 Å². The van der Waals surface area contributed by atoms with Crippen LogP contribution in [-0.2, 0) is 19.1 Å². The molecular weight excluding hydrogens is 378 g/mol. The SMILES string of the molecule is CC1=C(C(=O)OC[C@@H]2CCCO2)[C@H](c2ccc(Cl)cc2)C2=C(CCCC2=O)N1. The number of ketones is 1. The first-order valence-electron chi connectivity index (χ1n) is 9.83. The molecule has 2 heterocycles. The highest BCUT2D eigenvalue weighted by Crippen LogP contribution is 2.42. The monoisotopic (exact) mass is 401 g/mol. The number of esters is 1. The normalized spacial score (nSPS) is 24.9. The van der Waals surface area contributed by atoms with Crippen molar-refractivity contribution in [2.24, 2.45) is 0 Å². The van der Waals surface area contributed by atoms with Gasteiger partial charge in [0.25, 0.3) is 0 Å². The lowest BCUT2D eigenvalue weighted by atomic mass is 9.75. The molecule has 0 spiro atoms. The van der Waals surface area contributed by atoms with Gasteiger partial charge in [-0.1, -0.05) is 23.7 Å². The first kappa shape index (κ1) is 19.2. The molecule has 5 nitrogen and oxygen atoms in total. The molecule has 0 aromatic heterocycles.